The predicted octanol–water partition coefficient (Wildman–Crippen LogP) is 5.19. The lowest BCUT2D eigenvalue weighted by Crippen LogP contribution is -2.67. The zero-order valence-corrected chi connectivity index (χ0v) is 28.1. The highest BCUT2D eigenvalue weighted by atomic mass is 32.2. The van der Waals surface area contributed by atoms with Crippen molar-refractivity contribution in [3.8, 4) is 5.75 Å². The number of carbonyl (C=O) groups is 4. The molecule has 9 nitrogen and oxygen atoms in total. The lowest BCUT2D eigenvalue weighted by molar-refractivity contribution is -0.152. The van der Waals surface area contributed by atoms with Crippen LogP contribution >= 0.6 is 18.6 Å². The van der Waals surface area contributed by atoms with Crippen molar-refractivity contribution in [3.05, 3.63) is 134 Å². The average molecular weight is 702 g/mol. The molecule has 1 amide bonds. The molecule has 12 heteroatoms. The molecule has 5 rings (SSSR count). The van der Waals surface area contributed by atoms with Crippen molar-refractivity contribution >= 4 is 63.1 Å². The molecule has 0 spiro atoms. The van der Waals surface area contributed by atoms with E-state index in [0.29, 0.717) is 27.7 Å². The average Bonchev–Trinajstić information content (AvgIpc) is 3.11. The van der Waals surface area contributed by atoms with Crippen LogP contribution < -0.4 is 20.7 Å². The molecule has 0 radical (unpaired) electrons. The molecule has 4 aromatic rings. The van der Waals surface area contributed by atoms with Crippen molar-refractivity contribution in [1.29, 1.82) is 0 Å². The van der Waals surface area contributed by atoms with Crippen molar-refractivity contribution in [3.63, 3.8) is 0 Å². The van der Waals surface area contributed by atoms with Gasteiger partial charge in [-0.25, -0.2) is 14.0 Å². The minimum atomic E-state index is -3.34. The largest absolute Gasteiger partial charge is 0.508 e. The maximum Gasteiger partial charge on any atom is 0.508 e. The summed E-state index contributed by atoms with van der Waals surface area (Å²) in [6.07, 6.45) is -0.790. The fourth-order valence-electron chi connectivity index (χ4n) is 5.67. The molecule has 1 heterocycles. The molecule has 0 aromatic heterocycles. The van der Waals surface area contributed by atoms with Crippen LogP contribution in [0.4, 0.5) is 9.18 Å². The number of halogens is 1. The number of aliphatic carboxylic acids is 1. The van der Waals surface area contributed by atoms with Gasteiger partial charge < -0.3 is 19.3 Å². The second-order valence-corrected chi connectivity index (χ2v) is 15.3. The summed E-state index contributed by atoms with van der Waals surface area (Å²) in [6, 6.07) is 32.5. The fourth-order valence-corrected chi connectivity index (χ4v) is 11.3. The standard InChI is InChI=1S/C37H33FNO8PS/c1-3-23-45-37(44)47-25(2)32-33(41)39(35(32)49-31(40)24-46-27-21-19-26(38)20-22-27)34(36(42)43)48(28-13-7-4-8-14-28,29-15-9-5-10-16-29)30-17-11-6-12-18-30/h3-22,25,32,35H,1,23-24H2,2H3,(H,42,43)/t25-,32+,35-/m1/s1. The first-order chi connectivity index (χ1) is 23.7. The molecule has 0 unspecified atom stereocenters. The van der Waals surface area contributed by atoms with Crippen molar-refractivity contribution < 1.29 is 42.9 Å². The summed E-state index contributed by atoms with van der Waals surface area (Å²) in [5.74, 6) is -3.33. The van der Waals surface area contributed by atoms with Crippen molar-refractivity contribution in [2.24, 2.45) is 5.92 Å². The van der Waals surface area contributed by atoms with Crippen LogP contribution in [-0.4, -0.2) is 63.3 Å². The van der Waals surface area contributed by atoms with Crippen LogP contribution in [0.15, 0.2) is 128 Å². The Balaban J connectivity index is 1.67. The summed E-state index contributed by atoms with van der Waals surface area (Å²) >= 11 is 0.702. The minimum Gasteiger partial charge on any atom is -0.485 e. The Morgan fingerprint density at radius 1 is 0.898 bits per heavy atom. The van der Waals surface area contributed by atoms with Gasteiger partial charge in [0.2, 0.25) is 11.0 Å². The summed E-state index contributed by atoms with van der Waals surface area (Å²) in [4.78, 5) is 55.0. The van der Waals surface area contributed by atoms with E-state index in [1.807, 2.05) is 91.0 Å². The van der Waals surface area contributed by atoms with Gasteiger partial charge in [-0.1, -0.05) is 115 Å². The van der Waals surface area contributed by atoms with E-state index in [2.05, 4.69) is 6.58 Å². The maximum absolute atomic E-state index is 14.3. The maximum atomic E-state index is 14.3. The van der Waals surface area contributed by atoms with E-state index in [4.69, 9.17) is 14.2 Å². The topological polar surface area (TPSA) is 119 Å². The Kier molecular flexibility index (Phi) is 11.4. The number of rotatable bonds is 13. The molecular weight excluding hydrogens is 668 g/mol. The third-order valence-corrected chi connectivity index (χ3v) is 13.2. The number of carbonyl (C=O) groups excluding carboxylic acids is 3. The van der Waals surface area contributed by atoms with Gasteiger partial charge in [-0.2, -0.15) is 0 Å². The smallest absolute Gasteiger partial charge is 0.485 e. The van der Waals surface area contributed by atoms with Gasteiger partial charge in [-0.15, -0.1) is 0 Å². The zero-order valence-electron chi connectivity index (χ0n) is 26.4. The third-order valence-electron chi connectivity index (χ3n) is 7.78. The van der Waals surface area contributed by atoms with Gasteiger partial charge in [0.25, 0.3) is 0 Å². The first kappa shape index (κ1) is 35.2. The van der Waals surface area contributed by atoms with E-state index in [1.54, 1.807) is 0 Å². The van der Waals surface area contributed by atoms with Crippen LogP contribution in [0.5, 0.6) is 5.75 Å². The monoisotopic (exact) mass is 701 g/mol. The second-order valence-electron chi connectivity index (χ2n) is 10.8. The number of thioether (sulfide) groups is 1. The fraction of sp³-hybridized carbons (Fsp3) is 0.162. The molecule has 1 aliphatic rings. The molecule has 4 aromatic carbocycles. The number of amides is 1. The summed E-state index contributed by atoms with van der Waals surface area (Å²) in [5, 5.41) is 11.5. The molecule has 49 heavy (non-hydrogen) atoms. The Labute approximate surface area is 287 Å². The van der Waals surface area contributed by atoms with Gasteiger partial charge in [-0.3, -0.25) is 14.5 Å². The van der Waals surface area contributed by atoms with Gasteiger partial charge in [0.05, 0.1) is 0 Å². The van der Waals surface area contributed by atoms with E-state index in [0.717, 1.165) is 4.90 Å². The number of β-lactam (4-membered cyclic amide) rings is 1. The minimum absolute atomic E-state index is 0.122. The number of nitrogens with zero attached hydrogens (tertiary/aromatic N) is 1. The van der Waals surface area contributed by atoms with Crippen molar-refractivity contribution in [2.45, 2.75) is 18.4 Å². The number of benzene rings is 4. The normalized spacial score (nSPS) is 16.1. The molecule has 1 fully saturated rings. The number of hydrogen-bond acceptors (Lipinski definition) is 8. The van der Waals surface area contributed by atoms with Gasteiger partial charge in [0.15, 0.2) is 6.61 Å². The van der Waals surface area contributed by atoms with E-state index in [1.165, 1.54) is 37.3 Å². The SMILES string of the molecule is C=CCOC(=O)O[C@H](C)[C@H]1C(=O)N(C(C(=O)O)=P(c2ccccc2)(c2ccccc2)c2ccccc2)[C@@H]1SC(=O)COc1ccc(F)cc1. The van der Waals surface area contributed by atoms with Gasteiger partial charge in [0.1, 0.15) is 41.0 Å². The van der Waals surface area contributed by atoms with E-state index in [-0.39, 0.29) is 17.8 Å². The Bertz CT molecular complexity index is 1770. The number of ether oxygens (including phenoxy) is 3. The predicted molar refractivity (Wildman–Crippen MR) is 188 cm³/mol. The number of hydrogen-bond donors (Lipinski definition) is 1. The van der Waals surface area contributed by atoms with E-state index >= 15 is 0 Å². The molecule has 3 atom stereocenters. The first-order valence-electron chi connectivity index (χ1n) is 15.2. The first-order valence-corrected chi connectivity index (χ1v) is 17.9. The quantitative estimate of drug-likeness (QED) is 0.0870. The molecule has 252 valence electrons. The lowest BCUT2D eigenvalue weighted by Gasteiger charge is -2.50. The summed E-state index contributed by atoms with van der Waals surface area (Å²) in [6.45, 7) is 1.06. The van der Waals surface area contributed by atoms with Crippen molar-refractivity contribution in [1.82, 2.24) is 4.90 Å². The van der Waals surface area contributed by atoms with Crippen LogP contribution in [0.3, 0.4) is 0 Å². The molecular formula is C37H33FNO8PS. The number of carboxylic acids is 1. The van der Waals surface area contributed by atoms with Crippen LogP contribution in [0, 0.1) is 11.7 Å². The van der Waals surface area contributed by atoms with E-state index in [9.17, 15) is 28.7 Å². The number of carboxylic acid groups (broad SMARTS) is 1. The third kappa shape index (κ3) is 7.48. The lowest BCUT2D eigenvalue weighted by atomic mass is 9.92. The number of likely N-dealkylation sites (tertiary alicyclic amines) is 1. The molecule has 0 saturated carbocycles. The molecule has 1 N–H and O–H groups in total. The van der Waals surface area contributed by atoms with E-state index < -0.39 is 59.9 Å². The summed E-state index contributed by atoms with van der Waals surface area (Å²) in [5.41, 5.74) is -0.205. The van der Waals surface area contributed by atoms with Crippen LogP contribution in [0.2, 0.25) is 0 Å². The summed E-state index contributed by atoms with van der Waals surface area (Å²) in [7, 11) is 0. The molecule has 1 aliphatic heterocycles. The van der Waals surface area contributed by atoms with Crippen LogP contribution in [0.25, 0.3) is 0 Å². The molecule has 0 bridgehead atoms. The van der Waals surface area contributed by atoms with Gasteiger partial charge in [0, 0.05) is 6.89 Å². The zero-order chi connectivity index (χ0) is 35.0. The van der Waals surface area contributed by atoms with Gasteiger partial charge in [-0.05, 0) is 47.1 Å². The Hall–Kier alpha value is -5.12. The highest BCUT2D eigenvalue weighted by Crippen LogP contribution is 2.51. The van der Waals surface area contributed by atoms with Gasteiger partial charge >= 0.3 is 12.1 Å². The molecule has 1 saturated heterocycles. The highest BCUT2D eigenvalue weighted by molar-refractivity contribution is 8.14. The molecule has 0 aliphatic carbocycles. The Morgan fingerprint density at radius 2 is 1.41 bits per heavy atom. The van der Waals surface area contributed by atoms with Crippen LogP contribution in [-0.2, 0) is 23.9 Å². The highest BCUT2D eigenvalue weighted by Gasteiger charge is 2.57. The van der Waals surface area contributed by atoms with Crippen LogP contribution in [0.1, 0.15) is 6.92 Å². The second kappa shape index (κ2) is 15.9. The Morgan fingerprint density at radius 3 is 1.88 bits per heavy atom. The van der Waals surface area contributed by atoms with Crippen molar-refractivity contribution in [2.75, 3.05) is 13.2 Å². The summed E-state index contributed by atoms with van der Waals surface area (Å²) < 4.78 is 29.3.